The van der Waals surface area contributed by atoms with E-state index in [1.165, 1.54) is 42.7 Å². The van der Waals surface area contributed by atoms with Crippen LogP contribution < -0.4 is 0 Å². The molecular formula is C57H52FN3O. The lowest BCUT2D eigenvalue weighted by Gasteiger charge is -2.30. The van der Waals surface area contributed by atoms with E-state index in [0.29, 0.717) is 38.9 Å². The first-order chi connectivity index (χ1) is 35.9. The summed E-state index contributed by atoms with van der Waals surface area (Å²) in [5.41, 5.74) is -0.669. The van der Waals surface area contributed by atoms with Crippen LogP contribution in [0.5, 0.6) is 0 Å². The minimum absolute atomic E-state index is 0.0888. The van der Waals surface area contributed by atoms with E-state index < -0.39 is 84.1 Å². The van der Waals surface area contributed by atoms with E-state index in [2.05, 4.69) is 15.0 Å². The molecule has 0 spiro atoms. The van der Waals surface area contributed by atoms with Crippen LogP contribution in [0, 0.1) is 11.2 Å². The summed E-state index contributed by atoms with van der Waals surface area (Å²) in [6.45, 7) is 6.96. The summed E-state index contributed by atoms with van der Waals surface area (Å²) in [7, 11) is 0. The zero-order valence-electron chi connectivity index (χ0n) is 49.6. The number of aryl methyl sites for hydroxylation is 6. The van der Waals surface area contributed by atoms with Gasteiger partial charge in [0.15, 0.2) is 0 Å². The van der Waals surface area contributed by atoms with Gasteiger partial charge in [-0.15, -0.1) is 0 Å². The highest BCUT2D eigenvalue weighted by molar-refractivity contribution is 6.09. The molecule has 0 radical (unpaired) electrons. The van der Waals surface area contributed by atoms with E-state index in [9.17, 15) is 22.2 Å². The fourth-order valence-electron chi connectivity index (χ4n) is 7.03. The summed E-state index contributed by atoms with van der Waals surface area (Å²) in [5.74, 6) is -2.64. The van der Waals surface area contributed by atoms with Crippen LogP contribution in [0.3, 0.4) is 0 Å². The molecule has 4 aromatic heterocycles. The summed E-state index contributed by atoms with van der Waals surface area (Å²) < 4.78 is 161. The molecule has 0 aliphatic heterocycles. The van der Waals surface area contributed by atoms with Gasteiger partial charge in [0, 0.05) is 69.9 Å². The van der Waals surface area contributed by atoms with Gasteiger partial charge in [-0.1, -0.05) is 131 Å². The average molecular weight is 829 g/mol. The Morgan fingerprint density at radius 1 is 0.597 bits per heavy atom. The lowest BCUT2D eigenvalue weighted by Crippen LogP contribution is -2.17. The molecule has 0 N–H and O–H groups in total. The van der Waals surface area contributed by atoms with Crippen LogP contribution in [0.15, 0.2) is 169 Å². The van der Waals surface area contributed by atoms with E-state index in [-0.39, 0.29) is 39.1 Å². The first-order valence-electron chi connectivity index (χ1n) is 27.7. The molecule has 0 saturated carbocycles. The highest BCUT2D eigenvalue weighted by atomic mass is 19.1. The van der Waals surface area contributed by atoms with Crippen LogP contribution in [0.25, 0.3) is 55.7 Å². The topological polar surface area (TPSA) is 51.8 Å². The van der Waals surface area contributed by atoms with Crippen LogP contribution in [0.2, 0.25) is 0 Å². The molecule has 4 heterocycles. The lowest BCUT2D eigenvalue weighted by atomic mass is 9.76. The number of fused-ring (bicyclic) bond motifs is 3. The maximum Gasteiger partial charge on any atom is 0.144 e. The molecule has 4 nitrogen and oxygen atoms in total. The van der Waals surface area contributed by atoms with Crippen LogP contribution in [0.1, 0.15) is 93.1 Å². The summed E-state index contributed by atoms with van der Waals surface area (Å²) in [6.07, 6.45) is -15.4. The second-order valence-corrected chi connectivity index (χ2v) is 15.9. The van der Waals surface area contributed by atoms with E-state index in [0.717, 1.165) is 24.4 Å². The maximum absolute atomic E-state index is 14.6. The molecule has 5 heteroatoms. The molecule has 308 valence electrons. The van der Waals surface area contributed by atoms with Crippen molar-refractivity contribution in [3.63, 3.8) is 0 Å². The minimum atomic E-state index is -3.25. The molecule has 0 bridgehead atoms. The molecule has 62 heavy (non-hydrogen) atoms. The third-order valence-corrected chi connectivity index (χ3v) is 10.7. The Morgan fingerprint density at radius 3 is 1.76 bits per heavy atom. The van der Waals surface area contributed by atoms with Gasteiger partial charge in [-0.3, -0.25) is 15.0 Å². The van der Waals surface area contributed by atoms with Crippen molar-refractivity contribution in [1.29, 1.82) is 0 Å². The van der Waals surface area contributed by atoms with Crippen LogP contribution >= 0.6 is 0 Å². The zero-order valence-corrected chi connectivity index (χ0v) is 34.6. The molecule has 0 fully saturated rings. The van der Waals surface area contributed by atoms with Crippen molar-refractivity contribution >= 4 is 21.9 Å². The molecule has 0 aliphatic carbocycles. The number of hydrogen-bond acceptors (Lipinski definition) is 4. The predicted molar refractivity (Wildman–Crippen MR) is 253 cm³/mol. The zero-order chi connectivity index (χ0) is 56.1. The third kappa shape index (κ3) is 9.13. The number of benzene rings is 5. The van der Waals surface area contributed by atoms with E-state index in [1.807, 2.05) is 12.1 Å². The molecule has 1 unspecified atom stereocenters. The van der Waals surface area contributed by atoms with Crippen molar-refractivity contribution in [2.24, 2.45) is 5.41 Å². The normalized spacial score (nSPS) is 17.7. The van der Waals surface area contributed by atoms with Gasteiger partial charge in [0.2, 0.25) is 0 Å². The van der Waals surface area contributed by atoms with Gasteiger partial charge in [0.1, 0.15) is 17.0 Å². The van der Waals surface area contributed by atoms with Crippen molar-refractivity contribution in [2.45, 2.75) is 71.8 Å². The molecule has 9 rings (SSSR count). The van der Waals surface area contributed by atoms with Gasteiger partial charge in [-0.25, -0.2) is 4.39 Å². The number of furan rings is 1. The Labute approximate surface area is 385 Å². The Kier molecular flexibility index (Phi) is 7.59. The molecule has 9 aromatic rings. The molecule has 0 saturated heterocycles. The minimum Gasteiger partial charge on any atom is -0.455 e. The second-order valence-electron chi connectivity index (χ2n) is 15.9. The van der Waals surface area contributed by atoms with Crippen LogP contribution in [0.4, 0.5) is 4.39 Å². The van der Waals surface area contributed by atoms with E-state index >= 15 is 0 Å². The summed E-state index contributed by atoms with van der Waals surface area (Å²) >= 11 is 0. The fraction of sp³-hybridized carbons (Fsp3) is 0.211. The SMILES string of the molecule is [2H]c1cc2c(oc3c(-c4ccc(C([2H])([2H])C([2H])([2H])c5cc(C([2H])([2H])C([2H])([2H])c6ccc(-c7ccccc7)nc6)cc(C([2H])([2H])C([2H])([2H])c6cnc(-c7ccccc7)cc6C([2H])(C)C(C)(C)C)c5)cn4)cccc32)c([2H])c1F. The van der Waals surface area contributed by atoms with Crippen molar-refractivity contribution in [3.05, 3.63) is 209 Å². The van der Waals surface area contributed by atoms with Crippen LogP contribution in [-0.2, 0) is 38.2 Å². The number of rotatable bonds is 13. The predicted octanol–water partition coefficient (Wildman–Crippen LogP) is 14.4. The first kappa shape index (κ1) is 26.6. The monoisotopic (exact) mass is 829 g/mol. The molecule has 5 aromatic carbocycles. The largest absolute Gasteiger partial charge is 0.455 e. The van der Waals surface area contributed by atoms with Gasteiger partial charge in [0.25, 0.3) is 0 Å². The third-order valence-electron chi connectivity index (χ3n) is 10.7. The summed E-state index contributed by atoms with van der Waals surface area (Å²) in [5, 5.41) is 0.785. The van der Waals surface area contributed by atoms with E-state index in [1.54, 1.807) is 100 Å². The molecule has 0 aliphatic rings. The van der Waals surface area contributed by atoms with E-state index in [4.69, 9.17) is 7.16 Å². The van der Waals surface area contributed by atoms with Gasteiger partial charge < -0.3 is 4.42 Å². The van der Waals surface area contributed by atoms with Gasteiger partial charge >= 0.3 is 0 Å². The smallest absolute Gasteiger partial charge is 0.144 e. The van der Waals surface area contributed by atoms with Crippen molar-refractivity contribution in [1.82, 2.24) is 15.0 Å². The summed E-state index contributed by atoms with van der Waals surface area (Å²) in [4.78, 5) is 13.4. The number of aromatic nitrogens is 3. The highest BCUT2D eigenvalue weighted by Gasteiger charge is 2.25. The average Bonchev–Trinajstić information content (AvgIpc) is 3.82. The number of nitrogens with zero attached hydrogens (tertiary/aromatic N) is 3. The standard InChI is InChI=1S/C57H52FN3O/c1-38(57(2,3)4)51-34-54(45-14-9-6-10-15-45)61-37-46(51)25-22-43-31-41(20-18-39-23-28-52(59-35-39)44-12-7-5-8-13-44)30-42(32-43)21-19-40-24-29-53(60-36-40)50-17-11-16-49-48-27-26-47(58)33-55(48)62-56(49)50/h5-17,23-24,26-38H,18-22,25H2,1-4H3/i18D2,19D2,20D2,21D2,22D2,25D2,26D,33D,38D. The van der Waals surface area contributed by atoms with Gasteiger partial charge in [0.05, 0.1) is 19.8 Å². The molecule has 0 amide bonds. The fourth-order valence-corrected chi connectivity index (χ4v) is 7.03. The Balaban J connectivity index is 1.18. The number of para-hydroxylation sites is 1. The Morgan fingerprint density at radius 2 is 1.16 bits per heavy atom. The van der Waals surface area contributed by atoms with Crippen molar-refractivity contribution in [2.75, 3.05) is 0 Å². The Bertz CT molecular complexity index is 3690. The quantitative estimate of drug-likeness (QED) is 0.116. The molecular weight excluding hydrogens is 762 g/mol. The lowest BCUT2D eigenvalue weighted by molar-refractivity contribution is 0.338. The Hall–Kier alpha value is -6.72. The molecule has 1 atom stereocenters. The van der Waals surface area contributed by atoms with Gasteiger partial charge in [-0.2, -0.15) is 0 Å². The van der Waals surface area contributed by atoms with Gasteiger partial charge in [-0.05, 0) is 125 Å². The second kappa shape index (κ2) is 17.7. The summed E-state index contributed by atoms with van der Waals surface area (Å²) in [6, 6.07) is 33.0. The highest BCUT2D eigenvalue weighted by Crippen LogP contribution is 2.38. The number of halogens is 1. The first-order valence-corrected chi connectivity index (χ1v) is 20.2. The number of hydrogen-bond donors (Lipinski definition) is 0. The van der Waals surface area contributed by atoms with Crippen LogP contribution in [-0.4, -0.2) is 15.0 Å². The van der Waals surface area contributed by atoms with Crippen molar-refractivity contribution in [3.8, 4) is 33.8 Å². The maximum atomic E-state index is 14.6. The number of pyridine rings is 3. The van der Waals surface area contributed by atoms with Crippen molar-refractivity contribution < 1.29 is 29.4 Å².